The molecule has 0 saturated carbocycles. The Bertz CT molecular complexity index is 912. The fourth-order valence-corrected chi connectivity index (χ4v) is 5.73. The minimum Gasteiger partial charge on any atom is -0.256 e. The highest BCUT2D eigenvalue weighted by Gasteiger charge is 2.38. The second-order valence-electron chi connectivity index (χ2n) is 7.21. The molecule has 2 heterocycles. The molecule has 1 atom stereocenters. The van der Waals surface area contributed by atoms with Gasteiger partial charge in [-0.25, -0.2) is 4.39 Å². The highest BCUT2D eigenvalue weighted by atomic mass is 32.2. The summed E-state index contributed by atoms with van der Waals surface area (Å²) in [6, 6.07) is 10.2. The van der Waals surface area contributed by atoms with E-state index in [2.05, 4.69) is 4.98 Å². The molecule has 0 radical (unpaired) electrons. The van der Waals surface area contributed by atoms with Crippen LogP contribution in [0, 0.1) is 12.7 Å². The molecule has 3 rings (SSSR count). The van der Waals surface area contributed by atoms with Gasteiger partial charge in [0, 0.05) is 25.3 Å². The summed E-state index contributed by atoms with van der Waals surface area (Å²) in [5.41, 5.74) is 3.73. The lowest BCUT2D eigenvalue weighted by Crippen LogP contribution is -2.43. The summed E-state index contributed by atoms with van der Waals surface area (Å²) in [6.45, 7) is 7.08. The van der Waals surface area contributed by atoms with Crippen LogP contribution >= 0.6 is 0 Å². The Labute approximate surface area is 167 Å². The van der Waals surface area contributed by atoms with Crippen LogP contribution in [0.5, 0.6) is 0 Å². The predicted molar refractivity (Wildman–Crippen MR) is 109 cm³/mol. The number of hydrogen-bond acceptors (Lipinski definition) is 3. The maximum absolute atomic E-state index is 13.2. The third-order valence-corrected chi connectivity index (χ3v) is 7.43. The van der Waals surface area contributed by atoms with Crippen molar-refractivity contribution in [2.45, 2.75) is 46.1 Å². The Hall–Kier alpha value is -1.83. The molecule has 0 aliphatic carbocycles. The molecule has 1 aromatic carbocycles. The molecule has 0 bridgehead atoms. The van der Waals surface area contributed by atoms with E-state index in [9.17, 15) is 12.8 Å². The second kappa shape index (κ2) is 8.68. The van der Waals surface area contributed by atoms with Gasteiger partial charge in [-0.3, -0.25) is 4.98 Å². The Morgan fingerprint density at radius 3 is 2.46 bits per heavy atom. The third-order valence-electron chi connectivity index (χ3n) is 5.23. The first-order chi connectivity index (χ1) is 13.3. The van der Waals surface area contributed by atoms with Crippen molar-refractivity contribution in [2.75, 3.05) is 19.6 Å². The van der Waals surface area contributed by atoms with E-state index in [1.54, 1.807) is 16.4 Å². The van der Waals surface area contributed by atoms with Gasteiger partial charge in [0.15, 0.2) is 0 Å². The molecule has 1 aliphatic heterocycles. The van der Waals surface area contributed by atoms with Gasteiger partial charge in [0.25, 0.3) is 10.2 Å². The first-order valence-corrected chi connectivity index (χ1v) is 11.2. The van der Waals surface area contributed by atoms with E-state index in [-0.39, 0.29) is 11.9 Å². The molecule has 1 saturated heterocycles. The molecule has 2 aromatic rings. The highest BCUT2D eigenvalue weighted by Crippen LogP contribution is 2.35. The first kappa shape index (κ1) is 20.9. The normalized spacial score (nSPS) is 18.1. The summed E-state index contributed by atoms with van der Waals surface area (Å²) < 4.78 is 42.4. The third kappa shape index (κ3) is 4.42. The average Bonchev–Trinajstić information content (AvgIpc) is 3.15. The van der Waals surface area contributed by atoms with E-state index in [4.69, 9.17) is 0 Å². The summed E-state index contributed by atoms with van der Waals surface area (Å²) >= 11 is 0. The van der Waals surface area contributed by atoms with Crippen LogP contribution in [0.2, 0.25) is 0 Å². The minimum absolute atomic E-state index is 0.238. The van der Waals surface area contributed by atoms with E-state index in [1.807, 2.05) is 32.9 Å². The van der Waals surface area contributed by atoms with Crippen LogP contribution in [0.15, 0.2) is 36.4 Å². The lowest BCUT2D eigenvalue weighted by Gasteiger charge is -2.29. The smallest absolute Gasteiger partial charge is 0.256 e. The zero-order valence-corrected chi connectivity index (χ0v) is 17.5. The van der Waals surface area contributed by atoms with Crippen LogP contribution in [0.25, 0.3) is 0 Å². The predicted octanol–water partition coefficient (Wildman–Crippen LogP) is 3.84. The molecule has 7 heteroatoms. The maximum Gasteiger partial charge on any atom is 0.282 e. The zero-order chi connectivity index (χ0) is 20.3. The van der Waals surface area contributed by atoms with Gasteiger partial charge < -0.3 is 0 Å². The molecule has 0 spiro atoms. The lowest BCUT2D eigenvalue weighted by molar-refractivity contribution is 0.334. The van der Waals surface area contributed by atoms with Crippen LogP contribution in [-0.2, 0) is 16.6 Å². The van der Waals surface area contributed by atoms with E-state index in [0.29, 0.717) is 26.1 Å². The van der Waals surface area contributed by atoms with Crippen LogP contribution in [0.1, 0.15) is 55.2 Å². The lowest BCUT2D eigenvalue weighted by atomic mass is 10.0. The summed E-state index contributed by atoms with van der Waals surface area (Å²) in [5.74, 6) is -0.251. The van der Waals surface area contributed by atoms with Gasteiger partial charge in [0.05, 0.1) is 11.7 Å². The average molecular weight is 406 g/mol. The molecule has 28 heavy (non-hydrogen) atoms. The van der Waals surface area contributed by atoms with Gasteiger partial charge in [-0.15, -0.1) is 0 Å². The molecule has 5 nitrogen and oxygen atoms in total. The minimum atomic E-state index is -3.50. The van der Waals surface area contributed by atoms with Crippen molar-refractivity contribution in [3.8, 4) is 0 Å². The summed E-state index contributed by atoms with van der Waals surface area (Å²) in [5, 5.41) is 0. The van der Waals surface area contributed by atoms with Crippen molar-refractivity contribution in [3.05, 3.63) is 64.7 Å². The van der Waals surface area contributed by atoms with Crippen molar-refractivity contribution < 1.29 is 12.8 Å². The fraction of sp³-hybridized carbons (Fsp3) is 0.476. The Kier molecular flexibility index (Phi) is 6.47. The van der Waals surface area contributed by atoms with E-state index < -0.39 is 10.2 Å². The van der Waals surface area contributed by atoms with Crippen LogP contribution in [0.4, 0.5) is 4.39 Å². The number of nitrogens with zero attached hydrogens (tertiary/aromatic N) is 3. The summed E-state index contributed by atoms with van der Waals surface area (Å²) in [7, 11) is -3.50. The number of benzene rings is 1. The van der Waals surface area contributed by atoms with Gasteiger partial charge in [-0.1, -0.05) is 26.0 Å². The SMILES string of the molecule is CCN(CC)S(=O)(=O)N1CCC[C@H]1c1cc(Cc2ccc(F)cc2)cc(C)n1. The van der Waals surface area contributed by atoms with Gasteiger partial charge in [-0.2, -0.15) is 17.0 Å². The molecular formula is C21H28FN3O2S. The molecule has 0 N–H and O–H groups in total. The Morgan fingerprint density at radius 1 is 1.14 bits per heavy atom. The molecule has 1 aromatic heterocycles. The van der Waals surface area contributed by atoms with Crippen molar-refractivity contribution in [3.63, 3.8) is 0 Å². The zero-order valence-electron chi connectivity index (χ0n) is 16.7. The molecular weight excluding hydrogens is 377 g/mol. The van der Waals surface area contributed by atoms with Crippen molar-refractivity contribution in [1.82, 2.24) is 13.6 Å². The number of aryl methyl sites for hydroxylation is 1. The number of hydrogen-bond donors (Lipinski definition) is 0. The molecule has 152 valence electrons. The summed E-state index contributed by atoms with van der Waals surface area (Å²) in [4.78, 5) is 4.66. The Morgan fingerprint density at radius 2 is 1.82 bits per heavy atom. The highest BCUT2D eigenvalue weighted by molar-refractivity contribution is 7.86. The maximum atomic E-state index is 13.2. The van der Waals surface area contributed by atoms with E-state index in [0.717, 1.165) is 35.4 Å². The number of aromatic nitrogens is 1. The molecule has 1 aliphatic rings. The van der Waals surface area contributed by atoms with Crippen molar-refractivity contribution in [2.24, 2.45) is 0 Å². The molecule has 0 amide bonds. The number of rotatable bonds is 7. The number of pyridine rings is 1. The largest absolute Gasteiger partial charge is 0.282 e. The van der Waals surface area contributed by atoms with Crippen molar-refractivity contribution >= 4 is 10.2 Å². The first-order valence-electron chi connectivity index (χ1n) is 9.84. The Balaban J connectivity index is 1.90. The van der Waals surface area contributed by atoms with Gasteiger partial charge in [0.1, 0.15) is 5.82 Å². The van der Waals surface area contributed by atoms with Gasteiger partial charge in [-0.05, 0) is 61.6 Å². The van der Waals surface area contributed by atoms with E-state index in [1.165, 1.54) is 16.4 Å². The summed E-state index contributed by atoms with van der Waals surface area (Å²) in [6.07, 6.45) is 2.26. The second-order valence-corrected chi connectivity index (χ2v) is 9.09. The monoisotopic (exact) mass is 405 g/mol. The van der Waals surface area contributed by atoms with E-state index >= 15 is 0 Å². The van der Waals surface area contributed by atoms with Crippen LogP contribution in [0.3, 0.4) is 0 Å². The topological polar surface area (TPSA) is 53.5 Å². The van der Waals surface area contributed by atoms with Crippen LogP contribution in [-0.4, -0.2) is 41.6 Å². The van der Waals surface area contributed by atoms with Crippen molar-refractivity contribution in [1.29, 1.82) is 0 Å². The quantitative estimate of drug-likeness (QED) is 0.703. The number of halogens is 1. The fourth-order valence-electron chi connectivity index (χ4n) is 3.89. The molecule has 0 unspecified atom stereocenters. The van der Waals surface area contributed by atoms with Crippen LogP contribution < -0.4 is 0 Å². The van der Waals surface area contributed by atoms with Gasteiger partial charge in [0.2, 0.25) is 0 Å². The standard InChI is InChI=1S/C21H28FN3O2S/c1-4-24(5-2)28(26,27)25-12-6-7-21(25)20-15-18(13-16(3)23-20)14-17-8-10-19(22)11-9-17/h8-11,13,15,21H,4-7,12,14H2,1-3H3/t21-/m0/s1. The molecule has 1 fully saturated rings. The van der Waals surface area contributed by atoms with Gasteiger partial charge >= 0.3 is 0 Å².